The lowest BCUT2D eigenvalue weighted by Crippen LogP contribution is -2.45. The fourth-order valence-corrected chi connectivity index (χ4v) is 5.81. The highest BCUT2D eigenvalue weighted by Crippen LogP contribution is 2.38. The van der Waals surface area contributed by atoms with Crippen LogP contribution in [-0.2, 0) is 16.2 Å². The molecule has 0 saturated carbocycles. The van der Waals surface area contributed by atoms with Crippen molar-refractivity contribution in [1.29, 1.82) is 0 Å². The molecule has 0 aliphatic carbocycles. The Balaban J connectivity index is 1.22. The van der Waals surface area contributed by atoms with Crippen LogP contribution in [0.4, 0.5) is 0 Å². The molecule has 3 aromatic rings. The monoisotopic (exact) mass is 559 g/mol. The van der Waals surface area contributed by atoms with Gasteiger partial charge in [0.1, 0.15) is 36.1 Å². The fourth-order valence-electron chi connectivity index (χ4n) is 5.81. The largest absolute Gasteiger partial charge is 0.492 e. The van der Waals surface area contributed by atoms with Crippen LogP contribution in [0.3, 0.4) is 0 Å². The molecule has 2 aliphatic heterocycles. The van der Waals surface area contributed by atoms with Crippen molar-refractivity contribution in [3.05, 3.63) is 76.9 Å². The standard InChI is InChI=1S/C33H37NO7/c1-20-13-28(41-26-9-11-34(12-10-26)33(38)22(3)35)14-21(2)32(20)24-6-4-5-23(15-24)18-39-27-7-8-29-25(16-31(36)37)19-40-30(29)17-27/h4-8,13-15,17,22,25-26,35H,9-12,16,18-19H2,1-3H3,(H,36,37). The van der Waals surface area contributed by atoms with Gasteiger partial charge in [0.25, 0.3) is 5.91 Å². The smallest absolute Gasteiger partial charge is 0.304 e. The number of rotatable bonds is 9. The van der Waals surface area contributed by atoms with Gasteiger partial charge in [0, 0.05) is 43.5 Å². The highest BCUT2D eigenvalue weighted by atomic mass is 16.5. The van der Waals surface area contributed by atoms with Crippen molar-refractivity contribution in [2.24, 2.45) is 0 Å². The Morgan fingerprint density at radius 3 is 2.44 bits per heavy atom. The zero-order valence-corrected chi connectivity index (χ0v) is 23.8. The summed E-state index contributed by atoms with van der Waals surface area (Å²) in [5, 5.41) is 18.7. The van der Waals surface area contributed by atoms with E-state index in [0.29, 0.717) is 37.8 Å². The van der Waals surface area contributed by atoms with Gasteiger partial charge in [0.2, 0.25) is 0 Å². The van der Waals surface area contributed by atoms with Crippen molar-refractivity contribution in [3.8, 4) is 28.4 Å². The number of aryl methyl sites for hydroxylation is 2. The molecule has 1 saturated heterocycles. The van der Waals surface area contributed by atoms with Gasteiger partial charge in [-0.3, -0.25) is 9.59 Å². The zero-order chi connectivity index (χ0) is 29.1. The second-order valence-corrected chi connectivity index (χ2v) is 11.0. The number of aliphatic hydroxyl groups excluding tert-OH is 1. The van der Waals surface area contributed by atoms with E-state index in [1.807, 2.05) is 30.3 Å². The van der Waals surface area contributed by atoms with Crippen molar-refractivity contribution in [2.45, 2.75) is 64.8 Å². The number of amides is 1. The fraction of sp³-hybridized carbons (Fsp3) is 0.394. The molecule has 0 spiro atoms. The number of carbonyl (C=O) groups is 2. The number of aliphatic hydroxyl groups is 1. The van der Waals surface area contributed by atoms with Crippen molar-refractivity contribution >= 4 is 11.9 Å². The molecular formula is C33H37NO7. The number of carboxylic acid groups (broad SMARTS) is 1. The predicted molar refractivity (Wildman–Crippen MR) is 155 cm³/mol. The van der Waals surface area contributed by atoms with Gasteiger partial charge in [-0.05, 0) is 72.9 Å². The van der Waals surface area contributed by atoms with E-state index in [2.05, 4.69) is 38.1 Å². The number of nitrogens with zero attached hydrogens (tertiary/aromatic N) is 1. The van der Waals surface area contributed by atoms with Gasteiger partial charge in [-0.1, -0.05) is 24.3 Å². The number of carboxylic acids is 1. The number of ether oxygens (including phenoxy) is 3. The average Bonchev–Trinajstić information content (AvgIpc) is 3.33. The maximum atomic E-state index is 12.0. The minimum atomic E-state index is -0.969. The summed E-state index contributed by atoms with van der Waals surface area (Å²) >= 11 is 0. The number of aliphatic carboxylic acids is 1. The summed E-state index contributed by atoms with van der Waals surface area (Å²) in [6.07, 6.45) is 0.590. The SMILES string of the molecule is Cc1cc(OC2CCN(C(=O)C(C)O)CC2)cc(C)c1-c1cccc(COc2ccc3c(c2)OCC3CC(=O)O)c1. The number of fused-ring (bicyclic) bond motifs is 1. The van der Waals surface area contributed by atoms with Crippen molar-refractivity contribution in [3.63, 3.8) is 0 Å². The lowest BCUT2D eigenvalue weighted by Gasteiger charge is -2.33. The van der Waals surface area contributed by atoms with Crippen molar-refractivity contribution in [2.75, 3.05) is 19.7 Å². The molecule has 5 rings (SSSR count). The second kappa shape index (κ2) is 12.2. The molecule has 0 radical (unpaired) electrons. The average molecular weight is 560 g/mol. The molecule has 8 heteroatoms. The molecule has 0 bridgehead atoms. The minimum absolute atomic E-state index is 0.0332. The van der Waals surface area contributed by atoms with Crippen LogP contribution in [-0.4, -0.2) is 58.9 Å². The summed E-state index contributed by atoms with van der Waals surface area (Å²) in [5.74, 6) is 1.02. The number of hydrogen-bond acceptors (Lipinski definition) is 6. The van der Waals surface area contributed by atoms with Crippen molar-refractivity contribution < 1.29 is 34.0 Å². The van der Waals surface area contributed by atoms with Crippen LogP contribution in [0.5, 0.6) is 17.2 Å². The molecule has 2 heterocycles. The summed E-state index contributed by atoms with van der Waals surface area (Å²) in [6.45, 7) is 7.62. The van der Waals surface area contributed by atoms with Gasteiger partial charge in [0.15, 0.2) is 0 Å². The summed E-state index contributed by atoms with van der Waals surface area (Å²) in [5.41, 5.74) is 6.44. The lowest BCUT2D eigenvalue weighted by atomic mass is 9.94. The highest BCUT2D eigenvalue weighted by Gasteiger charge is 2.27. The van der Waals surface area contributed by atoms with E-state index in [1.54, 1.807) is 4.90 Å². The van der Waals surface area contributed by atoms with Crippen LogP contribution in [0.2, 0.25) is 0 Å². The van der Waals surface area contributed by atoms with E-state index in [9.17, 15) is 14.7 Å². The van der Waals surface area contributed by atoms with Gasteiger partial charge < -0.3 is 29.3 Å². The summed E-state index contributed by atoms with van der Waals surface area (Å²) in [4.78, 5) is 24.9. The van der Waals surface area contributed by atoms with Gasteiger partial charge in [-0.2, -0.15) is 0 Å². The Morgan fingerprint density at radius 1 is 1.02 bits per heavy atom. The number of carbonyl (C=O) groups excluding carboxylic acids is 1. The Bertz CT molecular complexity index is 1400. The summed E-state index contributed by atoms with van der Waals surface area (Å²) in [6, 6.07) is 18.0. The molecule has 2 N–H and O–H groups in total. The second-order valence-electron chi connectivity index (χ2n) is 11.0. The minimum Gasteiger partial charge on any atom is -0.492 e. The maximum absolute atomic E-state index is 12.0. The molecule has 2 aliphatic rings. The Morgan fingerprint density at radius 2 is 1.76 bits per heavy atom. The molecule has 1 amide bonds. The van der Waals surface area contributed by atoms with E-state index in [-0.39, 0.29) is 24.3 Å². The molecular weight excluding hydrogens is 522 g/mol. The van der Waals surface area contributed by atoms with Crippen LogP contribution in [0.15, 0.2) is 54.6 Å². The first kappa shape index (κ1) is 28.5. The quantitative estimate of drug-likeness (QED) is 0.369. The van der Waals surface area contributed by atoms with Crippen LogP contribution >= 0.6 is 0 Å². The molecule has 2 unspecified atom stereocenters. The third-order valence-corrected chi connectivity index (χ3v) is 7.83. The Kier molecular flexibility index (Phi) is 8.49. The first-order valence-electron chi connectivity index (χ1n) is 14.1. The number of likely N-dealkylation sites (tertiary alicyclic amines) is 1. The van der Waals surface area contributed by atoms with E-state index < -0.39 is 12.1 Å². The first-order chi connectivity index (χ1) is 19.7. The number of benzene rings is 3. The molecule has 216 valence electrons. The van der Waals surface area contributed by atoms with Crippen molar-refractivity contribution in [1.82, 2.24) is 4.90 Å². The molecule has 3 aromatic carbocycles. The Hall–Kier alpha value is -4.04. The topological polar surface area (TPSA) is 106 Å². The van der Waals surface area contributed by atoms with E-state index in [0.717, 1.165) is 52.0 Å². The molecule has 41 heavy (non-hydrogen) atoms. The van der Waals surface area contributed by atoms with E-state index in [1.165, 1.54) is 6.92 Å². The third kappa shape index (κ3) is 6.65. The first-order valence-corrected chi connectivity index (χ1v) is 14.1. The van der Waals surface area contributed by atoms with Gasteiger partial charge in [-0.25, -0.2) is 0 Å². The highest BCUT2D eigenvalue weighted by molar-refractivity contribution is 5.80. The van der Waals surface area contributed by atoms with Crippen LogP contribution in [0.1, 0.15) is 54.4 Å². The third-order valence-electron chi connectivity index (χ3n) is 7.83. The van der Waals surface area contributed by atoms with Gasteiger partial charge in [0.05, 0.1) is 13.0 Å². The lowest BCUT2D eigenvalue weighted by molar-refractivity contribution is -0.141. The summed E-state index contributed by atoms with van der Waals surface area (Å²) in [7, 11) is 0. The molecule has 2 atom stereocenters. The van der Waals surface area contributed by atoms with E-state index in [4.69, 9.17) is 19.3 Å². The van der Waals surface area contributed by atoms with E-state index >= 15 is 0 Å². The predicted octanol–water partition coefficient (Wildman–Crippen LogP) is 5.25. The molecule has 8 nitrogen and oxygen atoms in total. The summed E-state index contributed by atoms with van der Waals surface area (Å²) < 4.78 is 18.1. The zero-order valence-electron chi connectivity index (χ0n) is 23.8. The van der Waals surface area contributed by atoms with Gasteiger partial charge in [-0.15, -0.1) is 0 Å². The van der Waals surface area contributed by atoms with Crippen LogP contribution in [0.25, 0.3) is 11.1 Å². The van der Waals surface area contributed by atoms with Crippen LogP contribution < -0.4 is 14.2 Å². The number of piperidine rings is 1. The van der Waals surface area contributed by atoms with Crippen LogP contribution in [0, 0.1) is 13.8 Å². The number of hydrogen-bond donors (Lipinski definition) is 2. The molecule has 0 aromatic heterocycles. The maximum Gasteiger partial charge on any atom is 0.304 e. The normalized spacial score (nSPS) is 17.5. The van der Waals surface area contributed by atoms with Gasteiger partial charge >= 0.3 is 5.97 Å². The Labute approximate surface area is 240 Å². The molecule has 1 fully saturated rings.